The van der Waals surface area contributed by atoms with E-state index >= 15 is 0 Å². The number of hydrogen-bond donors (Lipinski definition) is 0. The van der Waals surface area contributed by atoms with Gasteiger partial charge >= 0.3 is 0 Å². The first-order chi connectivity index (χ1) is 15.4. The zero-order chi connectivity index (χ0) is 23.0. The van der Waals surface area contributed by atoms with Gasteiger partial charge in [0, 0.05) is 16.7 Å². The van der Waals surface area contributed by atoms with Crippen LogP contribution in [0.2, 0.25) is 0 Å². The molecule has 32 heavy (non-hydrogen) atoms. The number of carbonyl (C=O) groups is 1. The summed E-state index contributed by atoms with van der Waals surface area (Å²) in [5.41, 5.74) is 1.09. The van der Waals surface area contributed by atoms with Gasteiger partial charge in [0.1, 0.15) is 17.7 Å². The molecule has 0 radical (unpaired) electrons. The van der Waals surface area contributed by atoms with Crippen LogP contribution in [0.4, 0.5) is 14.5 Å². The van der Waals surface area contributed by atoms with E-state index in [1.54, 1.807) is 6.07 Å². The van der Waals surface area contributed by atoms with Gasteiger partial charge in [-0.05, 0) is 52.6 Å². The van der Waals surface area contributed by atoms with Gasteiger partial charge in [0.2, 0.25) is 5.69 Å². The van der Waals surface area contributed by atoms with Crippen LogP contribution in [0.1, 0.15) is 16.7 Å². The van der Waals surface area contributed by atoms with Crippen LogP contribution < -0.4 is 0 Å². The Balaban J connectivity index is 1.86. The Morgan fingerprint density at radius 1 is 0.906 bits per heavy atom. The first-order valence-corrected chi connectivity index (χ1v) is 9.05. The zero-order valence-corrected chi connectivity index (χ0v) is 16.1. The molecule has 0 N–H and O–H groups in total. The maximum absolute atomic E-state index is 14.2. The van der Waals surface area contributed by atoms with Crippen molar-refractivity contribution in [2.45, 2.75) is 0 Å². The zero-order valence-electron chi connectivity index (χ0n) is 16.1. The lowest BCUT2D eigenvalue weighted by Crippen LogP contribution is -2.00. The molecular formula is C25H8F2N4O. The van der Waals surface area contributed by atoms with Crippen molar-refractivity contribution in [3.63, 3.8) is 0 Å². The van der Waals surface area contributed by atoms with E-state index in [4.69, 9.17) is 18.4 Å². The summed E-state index contributed by atoms with van der Waals surface area (Å²) in [5, 5.41) is 18.4. The lowest BCUT2D eigenvalue weighted by atomic mass is 9.93. The Bertz CT molecular complexity index is 1530. The molecule has 0 aromatic heterocycles. The predicted octanol–water partition coefficient (Wildman–Crippen LogP) is 5.44. The van der Waals surface area contributed by atoms with E-state index < -0.39 is 17.4 Å². The highest BCUT2D eigenvalue weighted by molar-refractivity contribution is 6.35. The minimum atomic E-state index is -0.771. The number of Topliss-reactive ketones (excluding diaryl/α,β-unsaturated/α-hetero) is 1. The normalized spacial score (nSPS) is 15.8. The highest BCUT2D eigenvalue weighted by atomic mass is 19.1. The van der Waals surface area contributed by atoms with Gasteiger partial charge in [-0.25, -0.2) is 23.7 Å². The van der Waals surface area contributed by atoms with Crippen molar-refractivity contribution in [2.75, 3.05) is 0 Å². The second kappa shape index (κ2) is 7.62. The lowest BCUT2D eigenvalue weighted by Gasteiger charge is -2.11. The van der Waals surface area contributed by atoms with Crippen molar-refractivity contribution in [3.8, 4) is 12.1 Å². The fourth-order valence-electron chi connectivity index (χ4n) is 3.64. The molecule has 0 bridgehead atoms. The van der Waals surface area contributed by atoms with Crippen LogP contribution in [0.5, 0.6) is 0 Å². The quantitative estimate of drug-likeness (QED) is 0.481. The summed E-state index contributed by atoms with van der Waals surface area (Å²) < 4.78 is 28.3. The van der Waals surface area contributed by atoms with Crippen molar-refractivity contribution in [1.82, 2.24) is 0 Å². The molecule has 2 aromatic carbocycles. The van der Waals surface area contributed by atoms with E-state index in [0.29, 0.717) is 16.7 Å². The van der Waals surface area contributed by atoms with Gasteiger partial charge in [-0.2, -0.15) is 5.26 Å². The molecule has 2 aromatic rings. The molecule has 0 atom stereocenters. The smallest absolute Gasteiger partial charge is 0.270 e. The van der Waals surface area contributed by atoms with E-state index in [-0.39, 0.29) is 39.2 Å². The molecule has 5 nitrogen and oxygen atoms in total. The molecule has 7 heteroatoms. The predicted molar refractivity (Wildman–Crippen MR) is 111 cm³/mol. The molecule has 148 valence electrons. The van der Waals surface area contributed by atoms with Crippen LogP contribution in [-0.4, -0.2) is 5.78 Å². The summed E-state index contributed by atoms with van der Waals surface area (Å²) in [6.45, 7) is 14.3. The summed E-state index contributed by atoms with van der Waals surface area (Å²) >= 11 is 0. The Morgan fingerprint density at radius 3 is 2.16 bits per heavy atom. The number of benzene rings is 2. The van der Waals surface area contributed by atoms with Gasteiger partial charge < -0.3 is 0 Å². The number of halogens is 2. The van der Waals surface area contributed by atoms with Crippen molar-refractivity contribution in [2.24, 2.45) is 0 Å². The summed E-state index contributed by atoms with van der Waals surface area (Å²) in [4.78, 5) is 19.4. The van der Waals surface area contributed by atoms with Crippen molar-refractivity contribution < 1.29 is 13.6 Å². The van der Waals surface area contributed by atoms with E-state index in [2.05, 4.69) is 9.69 Å². The van der Waals surface area contributed by atoms with Crippen LogP contribution in [0.15, 0.2) is 71.0 Å². The maximum Gasteiger partial charge on any atom is 0.270 e. The molecule has 2 aliphatic carbocycles. The first-order valence-electron chi connectivity index (χ1n) is 9.05. The van der Waals surface area contributed by atoms with Gasteiger partial charge in [0.25, 0.3) is 5.70 Å². The van der Waals surface area contributed by atoms with Gasteiger partial charge in [0.05, 0.1) is 24.8 Å². The number of nitrogens with zero attached hydrogens (tertiary/aromatic N) is 4. The van der Waals surface area contributed by atoms with Crippen LogP contribution in [0.25, 0.3) is 20.8 Å². The fraction of sp³-hybridized carbons (Fsp3) is 0. The number of carbonyl (C=O) groups excluding carboxylic acids is 1. The summed E-state index contributed by atoms with van der Waals surface area (Å²) in [6.07, 6.45) is 2.93. The number of hydrogen-bond acceptors (Lipinski definition) is 3. The van der Waals surface area contributed by atoms with E-state index in [1.165, 1.54) is 36.4 Å². The Morgan fingerprint density at radius 2 is 1.56 bits per heavy atom. The van der Waals surface area contributed by atoms with Gasteiger partial charge in [0.15, 0.2) is 5.78 Å². The van der Waals surface area contributed by atoms with Crippen LogP contribution in [0.3, 0.4) is 0 Å². The van der Waals surface area contributed by atoms with E-state index in [0.717, 1.165) is 12.1 Å². The fourth-order valence-corrected chi connectivity index (χ4v) is 3.64. The second-order valence-corrected chi connectivity index (χ2v) is 6.80. The molecule has 0 saturated carbocycles. The standard InChI is InChI=1S/C25H8F2N4O/c1-30-22-6-5-13(8-21(22)27)16-9-19-18(24(16)23(12-29)31-2)10-17(25(19)32)14-3-4-15(11-28)20(26)7-14/h3-10H/b24-23+. The van der Waals surface area contributed by atoms with Crippen LogP contribution in [-0.2, 0) is 4.79 Å². The minimum Gasteiger partial charge on any atom is -0.289 e. The third-order valence-electron chi connectivity index (χ3n) is 5.13. The molecule has 0 heterocycles. The topological polar surface area (TPSA) is 73.4 Å². The number of allylic oxidation sites excluding steroid dienone is 8. The maximum atomic E-state index is 14.2. The lowest BCUT2D eigenvalue weighted by molar-refractivity contribution is -0.110. The molecule has 2 aliphatic rings. The average molecular weight is 418 g/mol. The molecule has 4 rings (SSSR count). The number of rotatable bonds is 2. The molecule has 0 unspecified atom stereocenters. The Kier molecular flexibility index (Phi) is 4.80. The van der Waals surface area contributed by atoms with Gasteiger partial charge in [-0.3, -0.25) is 4.79 Å². The Hall–Kier alpha value is -5.11. The SMILES string of the molecule is [C-]#[N+]/C(C#N)=C1\C(c2ccc([N+]#[C-])c(F)c2)=CC2=C1C=C(c1ccc(C#N)c(F)c1)C2=O. The third-order valence-corrected chi connectivity index (χ3v) is 5.13. The van der Waals surface area contributed by atoms with Crippen molar-refractivity contribution in [1.29, 1.82) is 10.5 Å². The van der Waals surface area contributed by atoms with Crippen LogP contribution in [0, 0.1) is 47.4 Å². The molecule has 0 aliphatic heterocycles. The summed E-state index contributed by atoms with van der Waals surface area (Å²) in [5.74, 6) is -1.98. The summed E-state index contributed by atoms with van der Waals surface area (Å²) in [7, 11) is 0. The average Bonchev–Trinajstić information content (AvgIpc) is 3.32. The monoisotopic (exact) mass is 418 g/mol. The second-order valence-electron chi connectivity index (χ2n) is 6.80. The highest BCUT2D eigenvalue weighted by Crippen LogP contribution is 2.46. The first kappa shape index (κ1) is 20.2. The van der Waals surface area contributed by atoms with Gasteiger partial charge in [-0.1, -0.05) is 18.2 Å². The van der Waals surface area contributed by atoms with Crippen molar-refractivity contribution in [3.05, 3.63) is 122 Å². The summed E-state index contributed by atoms with van der Waals surface area (Å²) in [6, 6.07) is 11.2. The molecule has 0 amide bonds. The molecular weight excluding hydrogens is 410 g/mol. The highest BCUT2D eigenvalue weighted by Gasteiger charge is 2.35. The van der Waals surface area contributed by atoms with Gasteiger partial charge in [-0.15, -0.1) is 0 Å². The van der Waals surface area contributed by atoms with E-state index in [9.17, 15) is 18.8 Å². The minimum absolute atomic E-state index is 0.156. The molecule has 0 spiro atoms. The molecule has 0 fully saturated rings. The number of nitriles is 2. The third kappa shape index (κ3) is 2.99. The van der Waals surface area contributed by atoms with Crippen molar-refractivity contribution >= 4 is 22.6 Å². The Labute approximate surface area is 181 Å². The molecule has 0 saturated heterocycles. The van der Waals surface area contributed by atoms with E-state index in [1.807, 2.05) is 6.07 Å². The number of ketones is 1. The van der Waals surface area contributed by atoms with Crippen LogP contribution >= 0.6 is 0 Å². The largest absolute Gasteiger partial charge is 0.289 e.